The van der Waals surface area contributed by atoms with Crippen LogP contribution in [-0.4, -0.2) is 47.3 Å². The molecule has 1 saturated heterocycles. The van der Waals surface area contributed by atoms with Gasteiger partial charge in [-0.15, -0.1) is 0 Å². The van der Waals surface area contributed by atoms with Crippen molar-refractivity contribution >= 4 is 12.1 Å². The van der Waals surface area contributed by atoms with E-state index in [1.54, 1.807) is 4.90 Å². The first-order valence-electron chi connectivity index (χ1n) is 4.94. The molecule has 0 aliphatic carbocycles. The fourth-order valence-electron chi connectivity index (χ4n) is 1.52. The van der Waals surface area contributed by atoms with E-state index in [1.807, 2.05) is 6.92 Å². The number of rotatable bonds is 3. The summed E-state index contributed by atoms with van der Waals surface area (Å²) in [6.07, 6.45) is 1.44. The van der Waals surface area contributed by atoms with E-state index in [-0.39, 0.29) is 12.6 Å². The van der Waals surface area contributed by atoms with Crippen LogP contribution in [0.3, 0.4) is 0 Å². The van der Waals surface area contributed by atoms with Gasteiger partial charge in [-0.05, 0) is 19.8 Å². The molecule has 0 bridgehead atoms. The highest BCUT2D eigenvalue weighted by Gasteiger charge is 2.27. The van der Waals surface area contributed by atoms with Crippen LogP contribution in [0.5, 0.6) is 0 Å². The summed E-state index contributed by atoms with van der Waals surface area (Å²) in [7, 11) is 0. The molecule has 0 aromatic carbocycles. The van der Waals surface area contributed by atoms with Crippen molar-refractivity contribution in [1.82, 2.24) is 4.90 Å². The Kier molecular flexibility index (Phi) is 3.90. The Morgan fingerprint density at radius 3 is 2.80 bits per heavy atom. The van der Waals surface area contributed by atoms with E-state index >= 15 is 0 Å². The smallest absolute Gasteiger partial charge is 0.410 e. The maximum Gasteiger partial charge on any atom is 0.410 e. The Hall–Kier alpha value is -1.30. The molecular weight excluding hydrogens is 200 g/mol. The molecule has 6 heteroatoms. The molecule has 1 amide bonds. The Bertz CT molecular complexity index is 256. The van der Waals surface area contributed by atoms with Gasteiger partial charge in [0, 0.05) is 12.6 Å². The highest BCUT2D eigenvalue weighted by atomic mass is 16.6. The maximum absolute atomic E-state index is 11.4. The normalized spacial score (nSPS) is 22.5. The van der Waals surface area contributed by atoms with Crippen LogP contribution in [0.2, 0.25) is 0 Å². The van der Waals surface area contributed by atoms with Crippen LogP contribution in [0.15, 0.2) is 0 Å². The number of carbonyl (C=O) groups is 2. The Morgan fingerprint density at radius 2 is 2.33 bits per heavy atom. The van der Waals surface area contributed by atoms with E-state index in [4.69, 9.17) is 15.6 Å². The lowest BCUT2D eigenvalue weighted by molar-refractivity contribution is -0.139. The van der Waals surface area contributed by atoms with Crippen LogP contribution in [-0.2, 0) is 9.53 Å². The van der Waals surface area contributed by atoms with Crippen LogP contribution in [0.25, 0.3) is 0 Å². The molecule has 1 heterocycles. The molecule has 1 fully saturated rings. The van der Waals surface area contributed by atoms with Gasteiger partial charge in [-0.1, -0.05) is 0 Å². The van der Waals surface area contributed by atoms with Crippen LogP contribution in [0, 0.1) is 0 Å². The third-order valence-electron chi connectivity index (χ3n) is 2.49. The van der Waals surface area contributed by atoms with Gasteiger partial charge in [-0.2, -0.15) is 0 Å². The molecule has 0 radical (unpaired) electrons. The predicted octanol–water partition coefficient (Wildman–Crippen LogP) is 0.0192. The summed E-state index contributed by atoms with van der Waals surface area (Å²) < 4.78 is 4.80. The number of nitrogens with two attached hydrogens (primary N) is 1. The molecular formula is C9H16N2O4. The predicted molar refractivity (Wildman–Crippen MR) is 52.4 cm³/mol. The number of carboxylic acids is 1. The second-order valence-electron chi connectivity index (χ2n) is 3.71. The van der Waals surface area contributed by atoms with Gasteiger partial charge in [0.15, 0.2) is 0 Å². The number of amides is 1. The number of carboxylic acid groups (broad SMARTS) is 1. The Morgan fingerprint density at radius 1 is 1.67 bits per heavy atom. The lowest BCUT2D eigenvalue weighted by Gasteiger charge is -2.21. The van der Waals surface area contributed by atoms with Crippen molar-refractivity contribution in [2.45, 2.75) is 31.8 Å². The molecule has 86 valence electrons. The molecule has 0 spiro atoms. The fraction of sp³-hybridized carbons (Fsp3) is 0.778. The minimum Gasteiger partial charge on any atom is -0.480 e. The number of ether oxygens (including phenoxy) is 1. The quantitative estimate of drug-likeness (QED) is 0.693. The van der Waals surface area contributed by atoms with Crippen molar-refractivity contribution in [3.63, 3.8) is 0 Å². The van der Waals surface area contributed by atoms with Crippen LogP contribution in [0.1, 0.15) is 19.8 Å². The van der Waals surface area contributed by atoms with Gasteiger partial charge in [-0.25, -0.2) is 4.79 Å². The second-order valence-corrected chi connectivity index (χ2v) is 3.71. The number of carbonyl (C=O) groups excluding carboxylic acids is 1. The first kappa shape index (κ1) is 11.8. The molecule has 2 atom stereocenters. The fourth-order valence-corrected chi connectivity index (χ4v) is 1.52. The van der Waals surface area contributed by atoms with Crippen LogP contribution >= 0.6 is 0 Å². The largest absolute Gasteiger partial charge is 0.480 e. The van der Waals surface area contributed by atoms with Crippen molar-refractivity contribution in [3.05, 3.63) is 0 Å². The zero-order valence-corrected chi connectivity index (χ0v) is 8.68. The molecule has 1 rings (SSSR count). The first-order chi connectivity index (χ1) is 7.02. The van der Waals surface area contributed by atoms with Gasteiger partial charge < -0.3 is 20.5 Å². The SMILES string of the molecule is C[C@@H]1CCCN1C(=O)OC[C@H](N)C(=O)O. The maximum atomic E-state index is 11.4. The number of hydrogen-bond donors (Lipinski definition) is 2. The summed E-state index contributed by atoms with van der Waals surface area (Å²) in [5.74, 6) is -1.17. The summed E-state index contributed by atoms with van der Waals surface area (Å²) in [4.78, 5) is 23.4. The molecule has 15 heavy (non-hydrogen) atoms. The third-order valence-corrected chi connectivity index (χ3v) is 2.49. The standard InChI is InChI=1S/C9H16N2O4/c1-6-3-2-4-11(6)9(14)15-5-7(10)8(12)13/h6-7H,2-5,10H2,1H3,(H,12,13)/t6-,7+/m1/s1. The van der Waals surface area contributed by atoms with Gasteiger partial charge in [0.25, 0.3) is 0 Å². The summed E-state index contributed by atoms with van der Waals surface area (Å²) in [6.45, 7) is 2.32. The molecule has 1 aliphatic heterocycles. The van der Waals surface area contributed by atoms with Crippen LogP contribution < -0.4 is 5.73 Å². The van der Waals surface area contributed by atoms with Crippen molar-refractivity contribution in [3.8, 4) is 0 Å². The van der Waals surface area contributed by atoms with Crippen LogP contribution in [0.4, 0.5) is 4.79 Å². The summed E-state index contributed by atoms with van der Waals surface area (Å²) in [6, 6.07) is -0.981. The zero-order chi connectivity index (χ0) is 11.4. The minimum absolute atomic E-state index is 0.165. The van der Waals surface area contributed by atoms with Crippen molar-refractivity contribution in [2.75, 3.05) is 13.2 Å². The lowest BCUT2D eigenvalue weighted by Crippen LogP contribution is -2.40. The lowest BCUT2D eigenvalue weighted by atomic mass is 10.2. The average Bonchev–Trinajstić information content (AvgIpc) is 2.60. The minimum atomic E-state index is -1.17. The molecule has 3 N–H and O–H groups in total. The van der Waals surface area contributed by atoms with E-state index in [2.05, 4.69) is 0 Å². The third kappa shape index (κ3) is 3.09. The van der Waals surface area contributed by atoms with Gasteiger partial charge in [0.2, 0.25) is 0 Å². The first-order valence-corrected chi connectivity index (χ1v) is 4.94. The number of likely N-dealkylation sites (tertiary alicyclic amines) is 1. The second kappa shape index (κ2) is 4.97. The molecule has 0 aromatic rings. The van der Waals surface area contributed by atoms with Crippen molar-refractivity contribution in [1.29, 1.82) is 0 Å². The van der Waals surface area contributed by atoms with E-state index < -0.39 is 18.1 Å². The van der Waals surface area contributed by atoms with E-state index in [9.17, 15) is 9.59 Å². The van der Waals surface area contributed by atoms with Gasteiger partial charge >= 0.3 is 12.1 Å². The highest BCUT2D eigenvalue weighted by molar-refractivity contribution is 5.74. The Balaban J connectivity index is 2.32. The van der Waals surface area contributed by atoms with Crippen molar-refractivity contribution in [2.24, 2.45) is 5.73 Å². The highest BCUT2D eigenvalue weighted by Crippen LogP contribution is 2.17. The van der Waals surface area contributed by atoms with Gasteiger partial charge in [0.05, 0.1) is 0 Å². The van der Waals surface area contributed by atoms with E-state index in [0.29, 0.717) is 6.54 Å². The topological polar surface area (TPSA) is 92.9 Å². The molecule has 0 aromatic heterocycles. The van der Waals surface area contributed by atoms with Crippen molar-refractivity contribution < 1.29 is 19.4 Å². The summed E-state index contributed by atoms with van der Waals surface area (Å²) in [5, 5.41) is 8.48. The monoisotopic (exact) mass is 216 g/mol. The van der Waals surface area contributed by atoms with E-state index in [1.165, 1.54) is 0 Å². The zero-order valence-electron chi connectivity index (χ0n) is 8.68. The number of nitrogens with zero attached hydrogens (tertiary/aromatic N) is 1. The average molecular weight is 216 g/mol. The number of aliphatic carboxylic acids is 1. The molecule has 1 aliphatic rings. The van der Waals surface area contributed by atoms with Gasteiger partial charge in [-0.3, -0.25) is 4.79 Å². The molecule has 6 nitrogen and oxygen atoms in total. The molecule has 0 saturated carbocycles. The summed E-state index contributed by atoms with van der Waals surface area (Å²) in [5.41, 5.74) is 5.20. The molecule has 0 unspecified atom stereocenters. The Labute approximate surface area is 88.0 Å². The van der Waals surface area contributed by atoms with Gasteiger partial charge in [0.1, 0.15) is 12.6 Å². The number of hydrogen-bond acceptors (Lipinski definition) is 4. The van der Waals surface area contributed by atoms with E-state index in [0.717, 1.165) is 12.8 Å². The summed E-state index contributed by atoms with van der Waals surface area (Å²) >= 11 is 0.